The summed E-state index contributed by atoms with van der Waals surface area (Å²) in [6.45, 7) is 5.37. The van der Waals surface area contributed by atoms with Gasteiger partial charge in [-0.05, 0) is 57.2 Å². The smallest absolute Gasteiger partial charge is 0.275 e. The molecule has 9 heteroatoms. The SMILES string of the molecule is Cc1[nH]n(-c2ccccc2)c(=O)c1C(c1c(C)[nH]n(-c2ccccc2)c1=O)c1c(C)[nH]n(-c2ccccc2)c1=O. The fourth-order valence-electron chi connectivity index (χ4n) is 5.41. The summed E-state index contributed by atoms with van der Waals surface area (Å²) in [5.74, 6) is -0.934. The maximum atomic E-state index is 14.1. The van der Waals surface area contributed by atoms with Crippen LogP contribution in [0.2, 0.25) is 0 Å². The van der Waals surface area contributed by atoms with Crippen LogP contribution in [-0.2, 0) is 0 Å². The minimum atomic E-state index is -0.934. The molecule has 0 unspecified atom stereocenters. The van der Waals surface area contributed by atoms with E-state index in [4.69, 9.17) is 0 Å². The highest BCUT2D eigenvalue weighted by molar-refractivity contribution is 5.49. The van der Waals surface area contributed by atoms with Gasteiger partial charge in [-0.1, -0.05) is 54.6 Å². The molecular formula is C31H28N6O3. The second-order valence-corrected chi connectivity index (χ2v) is 9.81. The van der Waals surface area contributed by atoms with E-state index in [0.717, 1.165) is 0 Å². The van der Waals surface area contributed by atoms with Gasteiger partial charge >= 0.3 is 0 Å². The van der Waals surface area contributed by atoms with Crippen molar-refractivity contribution in [3.8, 4) is 17.1 Å². The summed E-state index contributed by atoms with van der Waals surface area (Å²) in [6, 6.07) is 27.6. The van der Waals surface area contributed by atoms with Crippen LogP contribution < -0.4 is 16.7 Å². The van der Waals surface area contributed by atoms with Crippen LogP contribution in [0, 0.1) is 20.8 Å². The molecule has 3 N–H and O–H groups in total. The standard InChI is InChI=1S/C31H28N6O3/c1-19-25(29(38)35(32-19)22-13-7-4-8-14-22)28(26-20(2)33-36(30(26)39)23-15-9-5-10-16-23)27-21(3)34-37(31(27)40)24-17-11-6-12-18-24/h4-18,28,32-34H,1-3H3. The first-order valence-corrected chi connectivity index (χ1v) is 13.0. The van der Waals surface area contributed by atoms with E-state index in [9.17, 15) is 14.4 Å². The number of hydrogen-bond acceptors (Lipinski definition) is 3. The van der Waals surface area contributed by atoms with Crippen LogP contribution >= 0.6 is 0 Å². The highest BCUT2D eigenvalue weighted by atomic mass is 16.1. The topological polar surface area (TPSA) is 113 Å². The number of aromatic nitrogens is 6. The molecule has 6 rings (SSSR count). The third-order valence-corrected chi connectivity index (χ3v) is 7.26. The zero-order valence-electron chi connectivity index (χ0n) is 22.3. The lowest BCUT2D eigenvalue weighted by atomic mass is 9.85. The summed E-state index contributed by atoms with van der Waals surface area (Å²) in [7, 11) is 0. The Kier molecular flexibility index (Phi) is 6.11. The van der Waals surface area contributed by atoms with E-state index >= 15 is 0 Å². The van der Waals surface area contributed by atoms with Crippen LogP contribution in [0.15, 0.2) is 105 Å². The number of para-hydroxylation sites is 3. The van der Waals surface area contributed by atoms with Gasteiger partial charge in [-0.2, -0.15) is 0 Å². The van der Waals surface area contributed by atoms with Gasteiger partial charge in [-0.15, -0.1) is 0 Å². The molecule has 0 bridgehead atoms. The number of nitrogens with zero attached hydrogens (tertiary/aromatic N) is 3. The molecule has 9 nitrogen and oxygen atoms in total. The average Bonchev–Trinajstić information content (AvgIpc) is 3.56. The summed E-state index contributed by atoms with van der Waals surface area (Å²) >= 11 is 0. The second-order valence-electron chi connectivity index (χ2n) is 9.81. The van der Waals surface area contributed by atoms with Crippen LogP contribution in [-0.4, -0.2) is 29.3 Å². The van der Waals surface area contributed by atoms with Gasteiger partial charge < -0.3 is 0 Å². The average molecular weight is 533 g/mol. The molecule has 3 aromatic carbocycles. The van der Waals surface area contributed by atoms with Crippen LogP contribution in [0.4, 0.5) is 0 Å². The van der Waals surface area contributed by atoms with Crippen molar-refractivity contribution < 1.29 is 0 Å². The normalized spacial score (nSPS) is 11.4. The van der Waals surface area contributed by atoms with E-state index in [1.54, 1.807) is 20.8 Å². The Balaban J connectivity index is 1.66. The van der Waals surface area contributed by atoms with Crippen molar-refractivity contribution in [1.82, 2.24) is 29.3 Å². The van der Waals surface area contributed by atoms with Crippen molar-refractivity contribution in [2.45, 2.75) is 26.7 Å². The molecule has 3 aromatic heterocycles. The van der Waals surface area contributed by atoms with E-state index < -0.39 is 5.92 Å². The third kappa shape index (κ3) is 3.99. The molecule has 0 amide bonds. The number of nitrogens with one attached hydrogen (secondary N) is 3. The van der Waals surface area contributed by atoms with Crippen molar-refractivity contribution in [3.63, 3.8) is 0 Å². The molecular weight excluding hydrogens is 504 g/mol. The lowest BCUT2D eigenvalue weighted by molar-refractivity contribution is 0.827. The number of aryl methyl sites for hydroxylation is 3. The molecule has 0 saturated heterocycles. The number of hydrogen-bond donors (Lipinski definition) is 3. The van der Waals surface area contributed by atoms with Gasteiger partial charge in [-0.3, -0.25) is 29.7 Å². The van der Waals surface area contributed by atoms with Gasteiger partial charge in [0.1, 0.15) is 0 Å². The Morgan fingerprint density at radius 3 is 0.950 bits per heavy atom. The fraction of sp³-hybridized carbons (Fsp3) is 0.129. The van der Waals surface area contributed by atoms with Crippen LogP contribution in [0.1, 0.15) is 39.7 Å². The molecule has 0 aliphatic rings. The van der Waals surface area contributed by atoms with Crippen molar-refractivity contribution in [1.29, 1.82) is 0 Å². The quantitative estimate of drug-likeness (QED) is 0.298. The summed E-state index contributed by atoms with van der Waals surface area (Å²) in [6.07, 6.45) is 0. The first-order valence-electron chi connectivity index (χ1n) is 13.0. The Bertz CT molecular complexity index is 1760. The molecule has 0 aliphatic heterocycles. The maximum absolute atomic E-state index is 14.1. The van der Waals surface area contributed by atoms with E-state index in [1.165, 1.54) is 14.0 Å². The number of rotatable bonds is 6. The van der Waals surface area contributed by atoms with Crippen molar-refractivity contribution in [2.24, 2.45) is 0 Å². The number of H-pyrrole nitrogens is 3. The highest BCUT2D eigenvalue weighted by Gasteiger charge is 2.35. The predicted molar refractivity (Wildman–Crippen MR) is 154 cm³/mol. The van der Waals surface area contributed by atoms with Gasteiger partial charge in [0.2, 0.25) is 0 Å². The van der Waals surface area contributed by atoms with E-state index in [2.05, 4.69) is 15.3 Å². The largest absolute Gasteiger partial charge is 0.295 e. The zero-order chi connectivity index (χ0) is 28.0. The summed E-state index contributed by atoms with van der Waals surface area (Å²) in [4.78, 5) is 42.2. The van der Waals surface area contributed by atoms with E-state index in [1.807, 2.05) is 91.0 Å². The first kappa shape index (κ1) is 25.0. The summed E-state index contributed by atoms with van der Waals surface area (Å²) in [5.41, 5.74) is 3.68. The second kappa shape index (κ2) is 9.77. The molecule has 200 valence electrons. The zero-order valence-corrected chi connectivity index (χ0v) is 22.3. The summed E-state index contributed by atoms with van der Waals surface area (Å²) < 4.78 is 4.35. The molecule has 0 aliphatic carbocycles. The number of benzene rings is 3. The predicted octanol–water partition coefficient (Wildman–Crippen LogP) is 4.23. The van der Waals surface area contributed by atoms with Crippen LogP contribution in [0.3, 0.4) is 0 Å². The maximum Gasteiger partial charge on any atom is 0.275 e. The lowest BCUT2D eigenvalue weighted by Crippen LogP contribution is -2.29. The Morgan fingerprint density at radius 2 is 0.700 bits per heavy atom. The minimum Gasteiger partial charge on any atom is -0.295 e. The molecule has 0 fully saturated rings. The van der Waals surface area contributed by atoms with Gasteiger partial charge in [0, 0.05) is 17.1 Å². The molecule has 6 aromatic rings. The molecule has 0 radical (unpaired) electrons. The molecule has 3 heterocycles. The lowest BCUT2D eigenvalue weighted by Gasteiger charge is -2.14. The van der Waals surface area contributed by atoms with E-state index in [-0.39, 0.29) is 16.7 Å². The summed E-state index contributed by atoms with van der Waals surface area (Å²) in [5, 5.41) is 9.51. The van der Waals surface area contributed by atoms with Crippen molar-refractivity contribution >= 4 is 0 Å². The van der Waals surface area contributed by atoms with Crippen molar-refractivity contribution in [2.75, 3.05) is 0 Å². The first-order chi connectivity index (χ1) is 19.4. The van der Waals surface area contributed by atoms with Gasteiger partial charge in [0.15, 0.2) is 0 Å². The molecule has 0 atom stereocenters. The van der Waals surface area contributed by atoms with Crippen molar-refractivity contribution in [3.05, 3.63) is 156 Å². The highest BCUT2D eigenvalue weighted by Crippen LogP contribution is 2.32. The Hall–Kier alpha value is -5.31. The van der Waals surface area contributed by atoms with Crippen LogP contribution in [0.5, 0.6) is 0 Å². The molecule has 0 spiro atoms. The van der Waals surface area contributed by atoms with Gasteiger partial charge in [0.05, 0.1) is 39.7 Å². The molecule has 0 saturated carbocycles. The Labute approximate surface area is 228 Å². The third-order valence-electron chi connectivity index (χ3n) is 7.26. The van der Waals surface area contributed by atoms with Gasteiger partial charge in [-0.25, -0.2) is 14.0 Å². The number of aromatic amines is 3. The minimum absolute atomic E-state index is 0.328. The van der Waals surface area contributed by atoms with Gasteiger partial charge in [0.25, 0.3) is 16.7 Å². The van der Waals surface area contributed by atoms with Crippen LogP contribution in [0.25, 0.3) is 17.1 Å². The van der Waals surface area contributed by atoms with E-state index in [0.29, 0.717) is 50.8 Å². The molecule has 40 heavy (non-hydrogen) atoms. The Morgan fingerprint density at radius 1 is 0.450 bits per heavy atom. The monoisotopic (exact) mass is 532 g/mol. The fourth-order valence-corrected chi connectivity index (χ4v) is 5.41.